The monoisotopic (exact) mass is 336 g/mol. The first-order valence-corrected chi connectivity index (χ1v) is 8.09. The Morgan fingerprint density at radius 3 is 2.65 bits per heavy atom. The minimum absolute atomic E-state index is 0.248. The molecule has 0 saturated carbocycles. The van der Waals surface area contributed by atoms with Crippen molar-refractivity contribution in [1.82, 2.24) is 10.2 Å². The number of esters is 1. The molecule has 1 aromatic carbocycles. The number of carbonyl (C=O) groups is 2. The van der Waals surface area contributed by atoms with Crippen LogP contribution < -0.4 is 5.32 Å². The summed E-state index contributed by atoms with van der Waals surface area (Å²) in [5.41, 5.74) is 1.70. The van der Waals surface area contributed by atoms with Gasteiger partial charge in [-0.1, -0.05) is 36.7 Å². The van der Waals surface area contributed by atoms with Gasteiger partial charge in [-0.3, -0.25) is 4.90 Å². The third kappa shape index (κ3) is 3.50. The molecular weight excluding hydrogens is 316 g/mol. The molecule has 1 atom stereocenters. The van der Waals surface area contributed by atoms with Crippen molar-refractivity contribution in [3.05, 3.63) is 46.1 Å². The number of nitrogens with zero attached hydrogens (tertiary/aromatic N) is 1. The molecule has 0 spiro atoms. The zero-order valence-corrected chi connectivity index (χ0v) is 14.3. The van der Waals surface area contributed by atoms with E-state index < -0.39 is 12.0 Å². The lowest BCUT2D eigenvalue weighted by Crippen LogP contribution is -2.48. The van der Waals surface area contributed by atoms with Gasteiger partial charge in [0.15, 0.2) is 0 Å². The van der Waals surface area contributed by atoms with Gasteiger partial charge in [0.25, 0.3) is 0 Å². The van der Waals surface area contributed by atoms with Gasteiger partial charge >= 0.3 is 12.0 Å². The van der Waals surface area contributed by atoms with Crippen LogP contribution in [-0.2, 0) is 9.53 Å². The van der Waals surface area contributed by atoms with E-state index in [9.17, 15) is 9.59 Å². The fraction of sp³-hybridized carbons (Fsp3) is 0.412. The molecule has 0 radical (unpaired) electrons. The van der Waals surface area contributed by atoms with E-state index >= 15 is 0 Å². The Kier molecular flexibility index (Phi) is 5.66. The second-order valence-corrected chi connectivity index (χ2v) is 5.69. The first-order valence-electron chi connectivity index (χ1n) is 7.71. The average Bonchev–Trinajstić information content (AvgIpc) is 2.53. The van der Waals surface area contributed by atoms with Crippen LogP contribution in [0.3, 0.4) is 0 Å². The average molecular weight is 337 g/mol. The maximum Gasteiger partial charge on any atom is 0.338 e. The van der Waals surface area contributed by atoms with Crippen LogP contribution in [0, 0.1) is 0 Å². The second-order valence-electron chi connectivity index (χ2n) is 5.28. The fourth-order valence-corrected chi connectivity index (χ4v) is 2.89. The van der Waals surface area contributed by atoms with Gasteiger partial charge in [0.05, 0.1) is 18.2 Å². The van der Waals surface area contributed by atoms with E-state index in [1.165, 1.54) is 4.90 Å². The summed E-state index contributed by atoms with van der Waals surface area (Å²) in [7, 11) is 0. The maximum atomic E-state index is 12.5. The summed E-state index contributed by atoms with van der Waals surface area (Å²) in [6.45, 7) is 6.35. The van der Waals surface area contributed by atoms with Crippen LogP contribution in [0.15, 0.2) is 35.5 Å². The Balaban J connectivity index is 2.50. The lowest BCUT2D eigenvalue weighted by Gasteiger charge is -2.35. The van der Waals surface area contributed by atoms with Gasteiger partial charge < -0.3 is 10.1 Å². The van der Waals surface area contributed by atoms with Gasteiger partial charge in [0.2, 0.25) is 0 Å². The van der Waals surface area contributed by atoms with E-state index in [1.54, 1.807) is 25.1 Å². The predicted octanol–water partition coefficient (Wildman–Crippen LogP) is 3.65. The van der Waals surface area contributed by atoms with Crippen molar-refractivity contribution in [2.45, 2.75) is 33.2 Å². The van der Waals surface area contributed by atoms with E-state index in [0.29, 0.717) is 35.0 Å². The largest absolute Gasteiger partial charge is 0.462 e. The van der Waals surface area contributed by atoms with Crippen LogP contribution in [0.2, 0.25) is 5.02 Å². The lowest BCUT2D eigenvalue weighted by molar-refractivity contribution is -0.139. The molecule has 124 valence electrons. The first-order chi connectivity index (χ1) is 11.0. The highest BCUT2D eigenvalue weighted by Crippen LogP contribution is 2.34. The van der Waals surface area contributed by atoms with E-state index in [1.807, 2.05) is 19.9 Å². The number of ether oxygens (including phenoxy) is 1. The number of amides is 2. The van der Waals surface area contributed by atoms with Crippen LogP contribution in [0.5, 0.6) is 0 Å². The van der Waals surface area contributed by atoms with Crippen LogP contribution in [-0.4, -0.2) is 30.1 Å². The summed E-state index contributed by atoms with van der Waals surface area (Å²) in [5.74, 6) is -0.423. The highest BCUT2D eigenvalue weighted by atomic mass is 35.5. The molecule has 2 amide bonds. The highest BCUT2D eigenvalue weighted by Gasteiger charge is 2.36. The van der Waals surface area contributed by atoms with Crippen molar-refractivity contribution in [1.29, 1.82) is 0 Å². The van der Waals surface area contributed by atoms with Crippen LogP contribution in [0.25, 0.3) is 0 Å². The smallest absolute Gasteiger partial charge is 0.338 e. The summed E-state index contributed by atoms with van der Waals surface area (Å²) in [6, 6.07) is 6.31. The number of hydrogen-bond acceptors (Lipinski definition) is 3. The molecule has 0 bridgehead atoms. The zero-order valence-electron chi connectivity index (χ0n) is 13.6. The van der Waals surface area contributed by atoms with E-state index in [2.05, 4.69) is 5.32 Å². The number of halogens is 1. The highest BCUT2D eigenvalue weighted by molar-refractivity contribution is 6.31. The van der Waals surface area contributed by atoms with Crippen LogP contribution >= 0.6 is 11.6 Å². The van der Waals surface area contributed by atoms with Crippen LogP contribution in [0.4, 0.5) is 4.79 Å². The van der Waals surface area contributed by atoms with Crippen molar-refractivity contribution >= 4 is 23.6 Å². The fourth-order valence-electron chi connectivity index (χ4n) is 2.64. The molecule has 1 aliphatic rings. The molecule has 1 heterocycles. The van der Waals surface area contributed by atoms with Gasteiger partial charge in [-0.05, 0) is 31.9 Å². The third-order valence-corrected chi connectivity index (χ3v) is 4.13. The van der Waals surface area contributed by atoms with Gasteiger partial charge in [-0.25, -0.2) is 9.59 Å². The van der Waals surface area contributed by atoms with Gasteiger partial charge in [0.1, 0.15) is 0 Å². The van der Waals surface area contributed by atoms with E-state index in [0.717, 1.165) is 6.42 Å². The predicted molar refractivity (Wildman–Crippen MR) is 89.1 cm³/mol. The number of carbonyl (C=O) groups excluding carboxylic acids is 2. The summed E-state index contributed by atoms with van der Waals surface area (Å²) in [6.07, 6.45) is 0.735. The molecular formula is C17H21ClN2O3. The van der Waals surface area contributed by atoms with E-state index in [4.69, 9.17) is 16.3 Å². The topological polar surface area (TPSA) is 58.6 Å². The van der Waals surface area contributed by atoms with Crippen molar-refractivity contribution < 1.29 is 14.3 Å². The summed E-state index contributed by atoms with van der Waals surface area (Å²) >= 11 is 6.26. The van der Waals surface area contributed by atoms with Crippen molar-refractivity contribution in [3.8, 4) is 0 Å². The van der Waals surface area contributed by atoms with E-state index in [-0.39, 0.29) is 6.03 Å². The molecule has 5 nitrogen and oxygen atoms in total. The molecule has 0 aromatic heterocycles. The number of hydrogen-bond donors (Lipinski definition) is 1. The number of rotatable bonds is 5. The SMILES string of the molecule is CCCOC(=O)C1=C(C)N(CC)C(=O)N[C@H]1c1ccccc1Cl. The van der Waals surface area contributed by atoms with Crippen molar-refractivity contribution in [2.75, 3.05) is 13.2 Å². The third-order valence-electron chi connectivity index (χ3n) is 3.79. The molecule has 1 aromatic rings. The lowest BCUT2D eigenvalue weighted by atomic mass is 9.95. The number of benzene rings is 1. The molecule has 1 N–H and O–H groups in total. The molecule has 0 unspecified atom stereocenters. The van der Waals surface area contributed by atoms with Gasteiger partial charge in [-0.15, -0.1) is 0 Å². The standard InChI is InChI=1S/C17H21ClN2O3/c1-4-10-23-16(21)14-11(3)20(5-2)17(22)19-15(14)12-8-6-7-9-13(12)18/h6-9,15H,4-5,10H2,1-3H3,(H,19,22)/t15-/m0/s1. The first kappa shape index (κ1) is 17.3. The normalized spacial score (nSPS) is 18.0. The molecule has 1 aliphatic heterocycles. The molecule has 2 rings (SSSR count). The minimum Gasteiger partial charge on any atom is -0.462 e. The Labute approximate surface area is 141 Å². The van der Waals surface area contributed by atoms with Crippen LogP contribution in [0.1, 0.15) is 38.8 Å². The molecule has 0 fully saturated rings. The molecule has 23 heavy (non-hydrogen) atoms. The Hall–Kier alpha value is -2.01. The summed E-state index contributed by atoms with van der Waals surface area (Å²) < 4.78 is 5.30. The number of urea groups is 1. The van der Waals surface area contributed by atoms with Gasteiger partial charge in [0, 0.05) is 17.3 Å². The second kappa shape index (κ2) is 7.51. The van der Waals surface area contributed by atoms with Gasteiger partial charge in [-0.2, -0.15) is 0 Å². The van der Waals surface area contributed by atoms with Crippen molar-refractivity contribution in [3.63, 3.8) is 0 Å². The number of allylic oxidation sites excluding steroid dienone is 1. The maximum absolute atomic E-state index is 12.5. The molecule has 6 heteroatoms. The molecule has 0 aliphatic carbocycles. The Bertz CT molecular complexity index is 642. The zero-order chi connectivity index (χ0) is 17.0. The summed E-state index contributed by atoms with van der Waals surface area (Å²) in [4.78, 5) is 26.4. The number of nitrogens with one attached hydrogen (secondary N) is 1. The quantitative estimate of drug-likeness (QED) is 0.835. The minimum atomic E-state index is -0.608. The van der Waals surface area contributed by atoms with Crippen molar-refractivity contribution in [2.24, 2.45) is 0 Å². The Morgan fingerprint density at radius 1 is 1.35 bits per heavy atom. The Morgan fingerprint density at radius 2 is 2.04 bits per heavy atom. The summed E-state index contributed by atoms with van der Waals surface area (Å²) in [5, 5.41) is 3.35. The molecule has 0 saturated heterocycles.